The van der Waals surface area contributed by atoms with Gasteiger partial charge in [0.15, 0.2) is 0 Å². The molecule has 5 rings (SSSR count). The predicted molar refractivity (Wildman–Crippen MR) is 123 cm³/mol. The van der Waals surface area contributed by atoms with Crippen LogP contribution in [0.3, 0.4) is 0 Å². The first kappa shape index (κ1) is 21.2. The van der Waals surface area contributed by atoms with E-state index < -0.39 is 17.5 Å². The Labute approximate surface area is 191 Å². The Morgan fingerprint density at radius 1 is 1.15 bits per heavy atom. The molecule has 1 aliphatic carbocycles. The van der Waals surface area contributed by atoms with Gasteiger partial charge in [-0.25, -0.2) is 9.78 Å². The molecule has 2 heterocycles. The molecule has 8 heteroatoms. The van der Waals surface area contributed by atoms with Crippen molar-refractivity contribution in [1.82, 2.24) is 25.5 Å². The topological polar surface area (TPSA) is 107 Å². The molecule has 1 aliphatic heterocycles. The number of nitrogens with zero attached hydrogens (tertiary/aromatic N) is 2. The number of imidazole rings is 1. The van der Waals surface area contributed by atoms with Crippen LogP contribution in [0, 0.1) is 5.92 Å². The Bertz CT molecular complexity index is 1220. The van der Waals surface area contributed by atoms with E-state index in [-0.39, 0.29) is 24.4 Å². The molecule has 8 nitrogen and oxygen atoms in total. The first-order valence-electron chi connectivity index (χ1n) is 11.4. The number of carbonyl (C=O) groups is 3. The first-order chi connectivity index (χ1) is 15.9. The number of hydrogen-bond acceptors (Lipinski definition) is 4. The summed E-state index contributed by atoms with van der Waals surface area (Å²) >= 11 is 0. The number of rotatable bonds is 5. The van der Waals surface area contributed by atoms with Crippen LogP contribution in [0.4, 0.5) is 4.79 Å². The molecule has 2 atom stereocenters. The lowest BCUT2D eigenvalue weighted by Crippen LogP contribution is -2.47. The van der Waals surface area contributed by atoms with Crippen LogP contribution < -0.4 is 10.6 Å². The van der Waals surface area contributed by atoms with Gasteiger partial charge in [0.2, 0.25) is 5.91 Å². The van der Waals surface area contributed by atoms with E-state index in [1.54, 1.807) is 0 Å². The summed E-state index contributed by atoms with van der Waals surface area (Å²) < 4.78 is 0. The monoisotopic (exact) mass is 445 g/mol. The highest BCUT2D eigenvalue weighted by molar-refractivity contribution is 6.09. The number of amides is 4. The molecule has 2 aromatic carbocycles. The van der Waals surface area contributed by atoms with Crippen LogP contribution >= 0.6 is 0 Å². The van der Waals surface area contributed by atoms with E-state index in [1.807, 2.05) is 62.4 Å². The average Bonchev–Trinajstić information content (AvgIpc) is 3.33. The summed E-state index contributed by atoms with van der Waals surface area (Å²) in [5.74, 6) is -0.0676. The highest BCUT2D eigenvalue weighted by Gasteiger charge is 2.54. The van der Waals surface area contributed by atoms with Gasteiger partial charge in [-0.2, -0.15) is 0 Å². The van der Waals surface area contributed by atoms with Gasteiger partial charge in [-0.1, -0.05) is 50.2 Å². The molecule has 0 radical (unpaired) electrons. The molecule has 3 aromatic rings. The van der Waals surface area contributed by atoms with Crippen molar-refractivity contribution in [3.8, 4) is 0 Å². The third-order valence-corrected chi connectivity index (χ3v) is 6.64. The van der Waals surface area contributed by atoms with E-state index >= 15 is 0 Å². The van der Waals surface area contributed by atoms with Crippen molar-refractivity contribution in [3.63, 3.8) is 0 Å². The van der Waals surface area contributed by atoms with Gasteiger partial charge in [0, 0.05) is 0 Å². The molecular formula is C25H27N5O3. The van der Waals surface area contributed by atoms with E-state index in [0.29, 0.717) is 12.2 Å². The average molecular weight is 446 g/mol. The van der Waals surface area contributed by atoms with Crippen molar-refractivity contribution in [2.45, 2.75) is 44.7 Å². The fourth-order valence-electron chi connectivity index (χ4n) is 4.99. The second-order valence-electron chi connectivity index (χ2n) is 9.17. The van der Waals surface area contributed by atoms with Crippen LogP contribution in [-0.4, -0.2) is 39.3 Å². The van der Waals surface area contributed by atoms with E-state index in [9.17, 15) is 14.4 Å². The third kappa shape index (κ3) is 3.55. The van der Waals surface area contributed by atoms with Gasteiger partial charge in [0.05, 0.1) is 17.1 Å². The molecule has 3 N–H and O–H groups in total. The lowest BCUT2D eigenvalue weighted by Gasteiger charge is -2.33. The molecule has 0 unspecified atom stereocenters. The lowest BCUT2D eigenvalue weighted by atomic mass is 9.76. The Balaban J connectivity index is 1.35. The Morgan fingerprint density at radius 2 is 1.91 bits per heavy atom. The van der Waals surface area contributed by atoms with Crippen LogP contribution in [0.2, 0.25) is 0 Å². The van der Waals surface area contributed by atoms with Crippen molar-refractivity contribution < 1.29 is 14.4 Å². The summed E-state index contributed by atoms with van der Waals surface area (Å²) in [5, 5.41) is 5.86. The van der Waals surface area contributed by atoms with Gasteiger partial charge in [0.1, 0.15) is 17.9 Å². The third-order valence-electron chi connectivity index (χ3n) is 6.64. The quantitative estimate of drug-likeness (QED) is 0.525. The molecule has 4 amide bonds. The summed E-state index contributed by atoms with van der Waals surface area (Å²) in [6.45, 7) is 3.64. The van der Waals surface area contributed by atoms with Gasteiger partial charge in [-0.3, -0.25) is 14.5 Å². The molecule has 33 heavy (non-hydrogen) atoms. The minimum atomic E-state index is -1.08. The van der Waals surface area contributed by atoms with E-state index in [1.165, 1.54) is 0 Å². The van der Waals surface area contributed by atoms with Crippen molar-refractivity contribution in [1.29, 1.82) is 0 Å². The molecule has 2 aliphatic rings. The molecule has 0 bridgehead atoms. The maximum Gasteiger partial charge on any atom is 0.325 e. The fraction of sp³-hybridized carbons (Fsp3) is 0.360. The maximum absolute atomic E-state index is 13.4. The molecule has 1 saturated heterocycles. The maximum atomic E-state index is 13.4. The summed E-state index contributed by atoms with van der Waals surface area (Å²) in [6, 6.07) is 14.5. The first-order valence-corrected chi connectivity index (χ1v) is 11.4. The lowest BCUT2D eigenvalue weighted by molar-refractivity contribution is -0.136. The molecule has 1 spiro atoms. The molecule has 0 saturated carbocycles. The van der Waals surface area contributed by atoms with Gasteiger partial charge < -0.3 is 15.6 Å². The van der Waals surface area contributed by atoms with Gasteiger partial charge >= 0.3 is 6.03 Å². The van der Waals surface area contributed by atoms with Gasteiger partial charge in [-0.05, 0) is 48.4 Å². The van der Waals surface area contributed by atoms with Crippen molar-refractivity contribution in [3.05, 3.63) is 65.5 Å². The normalized spacial score (nSPS) is 20.9. The second-order valence-corrected chi connectivity index (χ2v) is 9.17. The number of nitrogens with one attached hydrogen (secondary N) is 3. The highest BCUT2D eigenvalue weighted by atomic mass is 16.2. The summed E-state index contributed by atoms with van der Waals surface area (Å²) in [7, 11) is 0. The number of para-hydroxylation sites is 2. The zero-order valence-electron chi connectivity index (χ0n) is 18.7. The number of aromatic nitrogens is 2. The number of H-pyrrole nitrogens is 1. The molecule has 170 valence electrons. The fourth-order valence-corrected chi connectivity index (χ4v) is 4.99. The summed E-state index contributed by atoms with van der Waals surface area (Å²) in [6.07, 6.45) is 2.19. The summed E-state index contributed by atoms with van der Waals surface area (Å²) in [4.78, 5) is 48.1. The highest BCUT2D eigenvalue weighted by Crippen LogP contribution is 2.39. The number of aromatic amines is 1. The van der Waals surface area contributed by atoms with E-state index in [4.69, 9.17) is 0 Å². The summed E-state index contributed by atoms with van der Waals surface area (Å²) in [5.41, 5.74) is 2.52. The standard InChI is InChI=1S/C25H27N5O3/c1-15(2)21(22-26-18-11-5-6-12-19(18)27-22)28-20(31)14-30-23(32)25(29-24(30)33)13-7-9-16-8-3-4-10-17(16)25/h3-6,8,10-12,15,21H,7,9,13-14H2,1-2H3,(H,26,27)(H,28,31)(H,29,33)/t21-,25-/m0/s1. The Hall–Kier alpha value is -3.68. The number of aryl methyl sites for hydroxylation is 1. The zero-order valence-corrected chi connectivity index (χ0v) is 18.7. The van der Waals surface area contributed by atoms with E-state index in [2.05, 4.69) is 20.6 Å². The van der Waals surface area contributed by atoms with Crippen LogP contribution in [0.5, 0.6) is 0 Å². The van der Waals surface area contributed by atoms with Gasteiger partial charge in [0.25, 0.3) is 5.91 Å². The number of hydrogen-bond donors (Lipinski definition) is 3. The largest absolute Gasteiger partial charge is 0.344 e. The molecule has 1 fully saturated rings. The van der Waals surface area contributed by atoms with Gasteiger partial charge in [-0.15, -0.1) is 0 Å². The smallest absolute Gasteiger partial charge is 0.325 e. The number of benzene rings is 2. The number of fused-ring (bicyclic) bond motifs is 3. The van der Waals surface area contributed by atoms with Crippen LogP contribution in [-0.2, 0) is 21.5 Å². The minimum absolute atomic E-state index is 0.0502. The van der Waals surface area contributed by atoms with E-state index in [0.717, 1.165) is 39.9 Å². The Kier molecular flexibility index (Phi) is 5.15. The zero-order chi connectivity index (χ0) is 23.2. The molecular weight excluding hydrogens is 418 g/mol. The van der Waals surface area contributed by atoms with Crippen molar-refractivity contribution >= 4 is 28.9 Å². The molecule has 1 aromatic heterocycles. The SMILES string of the molecule is CC(C)[C@H](NC(=O)CN1C(=O)N[C@]2(CCCc3ccccc32)C1=O)c1nc2ccccc2[nH]1. The van der Waals surface area contributed by atoms with Crippen molar-refractivity contribution in [2.24, 2.45) is 5.92 Å². The number of urea groups is 1. The predicted octanol–water partition coefficient (Wildman–Crippen LogP) is 3.16. The van der Waals surface area contributed by atoms with Crippen LogP contribution in [0.15, 0.2) is 48.5 Å². The number of carbonyl (C=O) groups excluding carboxylic acids is 3. The van der Waals surface area contributed by atoms with Crippen molar-refractivity contribution in [2.75, 3.05) is 6.54 Å². The minimum Gasteiger partial charge on any atom is -0.344 e. The van der Waals surface area contributed by atoms with Crippen LogP contribution in [0.1, 0.15) is 49.7 Å². The van der Waals surface area contributed by atoms with Crippen LogP contribution in [0.25, 0.3) is 11.0 Å². The number of imide groups is 1. The Morgan fingerprint density at radius 3 is 2.70 bits per heavy atom. The second kappa shape index (κ2) is 8.03.